The van der Waals surface area contributed by atoms with E-state index in [1.165, 1.54) is 19.3 Å². The van der Waals surface area contributed by atoms with Gasteiger partial charge in [0.2, 0.25) is 0 Å². The van der Waals surface area contributed by atoms with Crippen molar-refractivity contribution in [3.63, 3.8) is 0 Å². The molecule has 1 aliphatic rings. The molecule has 2 atom stereocenters. The minimum Gasteiger partial charge on any atom is -0.352 e. The third-order valence-corrected chi connectivity index (χ3v) is 4.22. The first kappa shape index (κ1) is 15.9. The van der Waals surface area contributed by atoms with E-state index >= 15 is 0 Å². The molecule has 0 aliphatic heterocycles. The lowest BCUT2D eigenvalue weighted by molar-refractivity contribution is 0.0947. The normalized spacial score (nSPS) is 20.7. The van der Waals surface area contributed by atoms with E-state index in [-0.39, 0.29) is 5.91 Å². The Morgan fingerprint density at radius 3 is 2.90 bits per heavy atom. The molecule has 0 bridgehead atoms. The van der Waals surface area contributed by atoms with Crippen molar-refractivity contribution in [3.05, 3.63) is 34.3 Å². The fourth-order valence-electron chi connectivity index (χ4n) is 2.75. The number of carbonyl (C=O) groups excluding carboxylic acids is 1. The first-order chi connectivity index (χ1) is 10.1. The second-order valence-corrected chi connectivity index (χ2v) is 6.10. The quantitative estimate of drug-likeness (QED) is 0.844. The van der Waals surface area contributed by atoms with Crippen molar-refractivity contribution in [1.82, 2.24) is 5.32 Å². The van der Waals surface area contributed by atoms with Crippen LogP contribution in [0.1, 0.15) is 42.1 Å². The van der Waals surface area contributed by atoms with Crippen molar-refractivity contribution < 1.29 is 4.79 Å². The minimum atomic E-state index is -0.0743. The highest BCUT2D eigenvalue weighted by Gasteiger charge is 2.21. The lowest BCUT2D eigenvalue weighted by Gasteiger charge is -2.11. The molecule has 1 aromatic rings. The van der Waals surface area contributed by atoms with Gasteiger partial charge < -0.3 is 11.1 Å². The summed E-state index contributed by atoms with van der Waals surface area (Å²) in [5.74, 6) is 6.95. The van der Waals surface area contributed by atoms with Crippen LogP contribution in [0.5, 0.6) is 0 Å². The van der Waals surface area contributed by atoms with Crippen LogP contribution in [0, 0.1) is 23.7 Å². The summed E-state index contributed by atoms with van der Waals surface area (Å²) in [4.78, 5) is 12.1. The zero-order chi connectivity index (χ0) is 15.2. The van der Waals surface area contributed by atoms with Gasteiger partial charge in [0.05, 0.1) is 11.6 Å². The summed E-state index contributed by atoms with van der Waals surface area (Å²) in [5, 5.41) is 3.48. The molecule has 2 rings (SSSR count). The van der Waals surface area contributed by atoms with Crippen LogP contribution in [0.4, 0.5) is 0 Å². The molecule has 1 aromatic carbocycles. The lowest BCUT2D eigenvalue weighted by atomic mass is 10.1. The average molecular weight is 305 g/mol. The van der Waals surface area contributed by atoms with Crippen LogP contribution in [-0.2, 0) is 0 Å². The standard InChI is InChI=1S/C17H21ClN2O/c1-12-4-5-13(9-12)11-20-17(21)15-7-6-14(3-2-8-19)16(18)10-15/h6-7,10,12-13H,4-5,8-9,11,19H2,1H3,(H,20,21). The van der Waals surface area contributed by atoms with Gasteiger partial charge in [-0.05, 0) is 42.9 Å². The van der Waals surface area contributed by atoms with Gasteiger partial charge in [-0.15, -0.1) is 0 Å². The minimum absolute atomic E-state index is 0.0743. The molecule has 1 amide bonds. The Balaban J connectivity index is 1.94. The summed E-state index contributed by atoms with van der Waals surface area (Å²) >= 11 is 6.13. The largest absolute Gasteiger partial charge is 0.352 e. The molecule has 0 radical (unpaired) electrons. The third-order valence-electron chi connectivity index (χ3n) is 3.91. The number of hydrogen-bond acceptors (Lipinski definition) is 2. The molecule has 1 saturated carbocycles. The summed E-state index contributed by atoms with van der Waals surface area (Å²) in [5.41, 5.74) is 6.60. The Morgan fingerprint density at radius 1 is 1.48 bits per heavy atom. The van der Waals surface area contributed by atoms with E-state index in [0.717, 1.165) is 12.5 Å². The van der Waals surface area contributed by atoms with Gasteiger partial charge in [0, 0.05) is 17.7 Å². The van der Waals surface area contributed by atoms with Crippen molar-refractivity contribution in [2.75, 3.05) is 13.1 Å². The van der Waals surface area contributed by atoms with Crippen LogP contribution in [0.15, 0.2) is 18.2 Å². The molecule has 2 unspecified atom stereocenters. The van der Waals surface area contributed by atoms with Crippen molar-refractivity contribution in [2.24, 2.45) is 17.6 Å². The molecule has 4 heteroatoms. The zero-order valence-corrected chi connectivity index (χ0v) is 13.0. The van der Waals surface area contributed by atoms with Crippen LogP contribution in [0.3, 0.4) is 0 Å². The number of carbonyl (C=O) groups is 1. The Kier molecular flexibility index (Phi) is 5.67. The highest BCUT2D eigenvalue weighted by molar-refractivity contribution is 6.32. The van der Waals surface area contributed by atoms with Crippen LogP contribution in [0.2, 0.25) is 5.02 Å². The summed E-state index contributed by atoms with van der Waals surface area (Å²) in [6.07, 6.45) is 3.67. The number of nitrogens with two attached hydrogens (primary N) is 1. The smallest absolute Gasteiger partial charge is 0.251 e. The van der Waals surface area contributed by atoms with Crippen molar-refractivity contribution >= 4 is 17.5 Å². The van der Waals surface area contributed by atoms with Gasteiger partial charge in [-0.25, -0.2) is 0 Å². The molecule has 21 heavy (non-hydrogen) atoms. The third kappa shape index (κ3) is 4.49. The van der Waals surface area contributed by atoms with Gasteiger partial charge in [-0.3, -0.25) is 4.79 Å². The predicted octanol–water partition coefficient (Wildman–Crippen LogP) is 2.82. The molecule has 1 aliphatic carbocycles. The second-order valence-electron chi connectivity index (χ2n) is 5.69. The Bertz CT molecular complexity index is 574. The van der Waals surface area contributed by atoms with Crippen molar-refractivity contribution in [2.45, 2.75) is 26.2 Å². The monoisotopic (exact) mass is 304 g/mol. The zero-order valence-electron chi connectivity index (χ0n) is 12.3. The average Bonchev–Trinajstić information content (AvgIpc) is 2.89. The summed E-state index contributed by atoms with van der Waals surface area (Å²) in [6.45, 7) is 3.30. The maximum atomic E-state index is 12.1. The van der Waals surface area contributed by atoms with Gasteiger partial charge in [0.25, 0.3) is 5.91 Å². The molecule has 3 nitrogen and oxygen atoms in total. The number of rotatable bonds is 3. The molecular weight excluding hydrogens is 284 g/mol. The highest BCUT2D eigenvalue weighted by Crippen LogP contribution is 2.29. The van der Waals surface area contributed by atoms with E-state index in [4.69, 9.17) is 17.3 Å². The molecular formula is C17H21ClN2O. The Hall–Kier alpha value is -1.50. The number of halogens is 1. The number of benzene rings is 1. The van der Waals surface area contributed by atoms with Crippen LogP contribution < -0.4 is 11.1 Å². The van der Waals surface area contributed by atoms with Gasteiger partial charge >= 0.3 is 0 Å². The van der Waals surface area contributed by atoms with E-state index in [1.54, 1.807) is 18.2 Å². The van der Waals surface area contributed by atoms with E-state index in [1.807, 2.05) is 0 Å². The Labute approximate surface area is 131 Å². The second kappa shape index (κ2) is 7.49. The van der Waals surface area contributed by atoms with E-state index in [2.05, 4.69) is 24.1 Å². The van der Waals surface area contributed by atoms with Gasteiger partial charge in [-0.1, -0.05) is 36.8 Å². The molecule has 1 fully saturated rings. The molecule has 0 spiro atoms. The highest BCUT2D eigenvalue weighted by atomic mass is 35.5. The van der Waals surface area contributed by atoms with Crippen LogP contribution in [0.25, 0.3) is 0 Å². The van der Waals surface area contributed by atoms with Crippen LogP contribution in [-0.4, -0.2) is 19.0 Å². The predicted molar refractivity (Wildman–Crippen MR) is 86.2 cm³/mol. The first-order valence-electron chi connectivity index (χ1n) is 7.37. The number of hydrogen-bond donors (Lipinski definition) is 2. The van der Waals surface area contributed by atoms with Crippen molar-refractivity contribution in [3.8, 4) is 11.8 Å². The van der Waals surface area contributed by atoms with Crippen molar-refractivity contribution in [1.29, 1.82) is 0 Å². The maximum Gasteiger partial charge on any atom is 0.251 e. The number of nitrogens with one attached hydrogen (secondary N) is 1. The summed E-state index contributed by atoms with van der Waals surface area (Å²) in [6, 6.07) is 5.17. The summed E-state index contributed by atoms with van der Waals surface area (Å²) in [7, 11) is 0. The summed E-state index contributed by atoms with van der Waals surface area (Å²) < 4.78 is 0. The van der Waals surface area contributed by atoms with E-state index in [9.17, 15) is 4.79 Å². The lowest BCUT2D eigenvalue weighted by Crippen LogP contribution is -2.28. The van der Waals surface area contributed by atoms with E-state index in [0.29, 0.717) is 28.6 Å². The molecule has 0 heterocycles. The first-order valence-corrected chi connectivity index (χ1v) is 7.74. The van der Waals surface area contributed by atoms with Gasteiger partial charge in [0.1, 0.15) is 0 Å². The maximum absolute atomic E-state index is 12.1. The molecule has 0 saturated heterocycles. The number of amides is 1. The molecule has 3 N–H and O–H groups in total. The molecule has 0 aromatic heterocycles. The fourth-order valence-corrected chi connectivity index (χ4v) is 2.98. The molecule has 112 valence electrons. The SMILES string of the molecule is CC1CCC(CNC(=O)c2ccc(C#CCN)c(Cl)c2)C1. The van der Waals surface area contributed by atoms with Crippen LogP contribution >= 0.6 is 11.6 Å². The van der Waals surface area contributed by atoms with Gasteiger partial charge in [-0.2, -0.15) is 0 Å². The topological polar surface area (TPSA) is 55.1 Å². The van der Waals surface area contributed by atoms with E-state index < -0.39 is 0 Å². The Morgan fingerprint density at radius 2 is 2.29 bits per heavy atom. The fraction of sp³-hybridized carbons (Fsp3) is 0.471. The van der Waals surface area contributed by atoms with Gasteiger partial charge in [0.15, 0.2) is 0 Å².